The van der Waals surface area contributed by atoms with Crippen LogP contribution in [0.15, 0.2) is 29.1 Å². The predicted molar refractivity (Wildman–Crippen MR) is 59.3 cm³/mol. The molecule has 0 fully saturated rings. The van der Waals surface area contributed by atoms with Crippen LogP contribution in [-0.2, 0) is 0 Å². The molecule has 0 saturated heterocycles. The van der Waals surface area contributed by atoms with Crippen LogP contribution in [0, 0.1) is 6.92 Å². The topological polar surface area (TPSA) is 49.9 Å². The number of aryl methyl sites for hydroxylation is 1. The maximum atomic E-state index is 11.3. The molecule has 0 radical (unpaired) electrons. The fraction of sp³-hybridized carbons (Fsp3) is 0.167. The number of aromatic nitrogens is 1. The van der Waals surface area contributed by atoms with E-state index in [0.29, 0.717) is 5.56 Å². The van der Waals surface area contributed by atoms with E-state index in [1.807, 2.05) is 13.0 Å². The molecule has 3 heteroatoms. The summed E-state index contributed by atoms with van der Waals surface area (Å²) in [5.74, 6) is 0.0131. The van der Waals surface area contributed by atoms with E-state index in [9.17, 15) is 9.59 Å². The molecule has 1 N–H and O–H groups in total. The van der Waals surface area contributed by atoms with E-state index < -0.39 is 0 Å². The number of ketones is 1. The minimum atomic E-state index is -0.147. The zero-order valence-electron chi connectivity index (χ0n) is 8.63. The first kappa shape index (κ1) is 9.65. The lowest BCUT2D eigenvalue weighted by Crippen LogP contribution is -2.05. The minimum absolute atomic E-state index is 0.0131. The van der Waals surface area contributed by atoms with Crippen molar-refractivity contribution in [1.82, 2.24) is 4.98 Å². The highest BCUT2D eigenvalue weighted by Crippen LogP contribution is 2.18. The van der Waals surface area contributed by atoms with Crippen LogP contribution in [0.25, 0.3) is 10.9 Å². The molecule has 15 heavy (non-hydrogen) atoms. The maximum Gasteiger partial charge on any atom is 0.248 e. The van der Waals surface area contributed by atoms with E-state index in [0.717, 1.165) is 16.5 Å². The van der Waals surface area contributed by atoms with E-state index in [2.05, 4.69) is 4.98 Å². The van der Waals surface area contributed by atoms with E-state index in [-0.39, 0.29) is 11.3 Å². The number of hydrogen-bond acceptors (Lipinski definition) is 2. The van der Waals surface area contributed by atoms with Crippen molar-refractivity contribution in [3.63, 3.8) is 0 Å². The van der Waals surface area contributed by atoms with Gasteiger partial charge in [-0.15, -0.1) is 0 Å². The Balaban J connectivity index is 2.88. The Morgan fingerprint density at radius 3 is 2.53 bits per heavy atom. The Morgan fingerprint density at radius 1 is 1.20 bits per heavy atom. The molecule has 1 aromatic heterocycles. The number of carbonyl (C=O) groups is 1. The molecule has 0 atom stereocenters. The number of nitrogens with one attached hydrogen (secondary N) is 1. The van der Waals surface area contributed by atoms with Gasteiger partial charge in [-0.3, -0.25) is 9.59 Å². The highest BCUT2D eigenvalue weighted by molar-refractivity contribution is 6.00. The van der Waals surface area contributed by atoms with Crippen molar-refractivity contribution in [3.05, 3.63) is 45.7 Å². The Morgan fingerprint density at radius 2 is 1.87 bits per heavy atom. The van der Waals surface area contributed by atoms with Gasteiger partial charge in [0.05, 0.1) is 5.52 Å². The summed E-state index contributed by atoms with van der Waals surface area (Å²) in [5.41, 5.74) is 2.09. The highest BCUT2D eigenvalue weighted by Gasteiger charge is 2.07. The summed E-state index contributed by atoms with van der Waals surface area (Å²) in [6.45, 7) is 3.37. The molecule has 1 aromatic carbocycles. The molecular weight excluding hydrogens is 190 g/mol. The zero-order chi connectivity index (χ0) is 11.0. The number of H-pyrrole nitrogens is 1. The quantitative estimate of drug-likeness (QED) is 0.718. The van der Waals surface area contributed by atoms with Crippen molar-refractivity contribution in [2.24, 2.45) is 0 Å². The second-order valence-corrected chi connectivity index (χ2v) is 3.58. The fourth-order valence-electron chi connectivity index (χ4n) is 1.75. The molecule has 0 bridgehead atoms. The van der Waals surface area contributed by atoms with Gasteiger partial charge in [0.2, 0.25) is 5.56 Å². The van der Waals surface area contributed by atoms with Gasteiger partial charge in [0.25, 0.3) is 0 Å². The van der Waals surface area contributed by atoms with Gasteiger partial charge in [0.15, 0.2) is 5.78 Å². The number of aromatic amines is 1. The van der Waals surface area contributed by atoms with Crippen LogP contribution in [0.1, 0.15) is 22.8 Å². The summed E-state index contributed by atoms with van der Waals surface area (Å²) in [7, 11) is 0. The fourth-order valence-corrected chi connectivity index (χ4v) is 1.75. The number of fused-ring (bicyclic) bond motifs is 1. The van der Waals surface area contributed by atoms with Crippen LogP contribution in [0.4, 0.5) is 0 Å². The van der Waals surface area contributed by atoms with Crippen molar-refractivity contribution in [3.8, 4) is 0 Å². The summed E-state index contributed by atoms with van der Waals surface area (Å²) in [6, 6.07) is 6.87. The van der Waals surface area contributed by atoms with Crippen molar-refractivity contribution in [2.75, 3.05) is 0 Å². The monoisotopic (exact) mass is 201 g/mol. The standard InChI is InChI=1S/C12H11NO2/c1-7-10(8(2)14)5-3-9-4-6-11(15)13-12(7)9/h3-6H,1-2H3,(H,13,15). The van der Waals surface area contributed by atoms with Crippen LogP contribution in [0.5, 0.6) is 0 Å². The third-order valence-corrected chi connectivity index (χ3v) is 2.54. The Labute approximate surface area is 86.8 Å². The van der Waals surface area contributed by atoms with Crippen LogP contribution >= 0.6 is 0 Å². The Kier molecular flexibility index (Phi) is 2.15. The average Bonchev–Trinajstić information content (AvgIpc) is 2.19. The lowest BCUT2D eigenvalue weighted by Gasteiger charge is -2.05. The highest BCUT2D eigenvalue weighted by atomic mass is 16.1. The molecule has 0 saturated carbocycles. The first-order chi connectivity index (χ1) is 7.09. The normalized spacial score (nSPS) is 10.5. The number of pyridine rings is 1. The first-order valence-corrected chi connectivity index (χ1v) is 4.73. The van der Waals surface area contributed by atoms with Gasteiger partial charge < -0.3 is 4.98 Å². The zero-order valence-corrected chi connectivity index (χ0v) is 8.63. The summed E-state index contributed by atoms with van der Waals surface area (Å²) < 4.78 is 0. The SMILES string of the molecule is CC(=O)c1ccc2ccc(=O)[nH]c2c1C. The molecule has 0 unspecified atom stereocenters. The number of carbonyl (C=O) groups excluding carboxylic acids is 1. The molecule has 0 aliphatic rings. The van der Waals surface area contributed by atoms with Gasteiger partial charge in [-0.2, -0.15) is 0 Å². The Bertz CT molecular complexity index is 596. The molecule has 0 amide bonds. The summed E-state index contributed by atoms with van der Waals surface area (Å²) in [5, 5.41) is 0.942. The predicted octanol–water partition coefficient (Wildman–Crippen LogP) is 2.04. The molecule has 3 nitrogen and oxygen atoms in total. The molecular formula is C12H11NO2. The van der Waals surface area contributed by atoms with E-state index in [4.69, 9.17) is 0 Å². The first-order valence-electron chi connectivity index (χ1n) is 4.73. The third kappa shape index (κ3) is 1.56. The average molecular weight is 201 g/mol. The van der Waals surface area contributed by atoms with E-state index in [1.165, 1.54) is 13.0 Å². The Hall–Kier alpha value is -1.90. The van der Waals surface area contributed by atoms with Gasteiger partial charge in [-0.1, -0.05) is 12.1 Å². The lowest BCUT2D eigenvalue weighted by atomic mass is 10.0. The van der Waals surface area contributed by atoms with E-state index >= 15 is 0 Å². The van der Waals surface area contributed by atoms with Crippen molar-refractivity contribution < 1.29 is 4.79 Å². The maximum absolute atomic E-state index is 11.3. The van der Waals surface area contributed by atoms with Crippen molar-refractivity contribution in [1.29, 1.82) is 0 Å². The summed E-state index contributed by atoms with van der Waals surface area (Å²) >= 11 is 0. The van der Waals surface area contributed by atoms with Crippen LogP contribution < -0.4 is 5.56 Å². The van der Waals surface area contributed by atoms with Crippen LogP contribution in [0.2, 0.25) is 0 Å². The van der Waals surface area contributed by atoms with E-state index in [1.54, 1.807) is 12.1 Å². The molecule has 76 valence electrons. The van der Waals surface area contributed by atoms with Gasteiger partial charge >= 0.3 is 0 Å². The summed E-state index contributed by atoms with van der Waals surface area (Å²) in [6.07, 6.45) is 0. The van der Waals surface area contributed by atoms with Crippen LogP contribution in [-0.4, -0.2) is 10.8 Å². The van der Waals surface area contributed by atoms with Gasteiger partial charge in [-0.25, -0.2) is 0 Å². The smallest absolute Gasteiger partial charge is 0.248 e. The van der Waals surface area contributed by atoms with Gasteiger partial charge in [0, 0.05) is 11.6 Å². The number of benzene rings is 1. The molecule has 1 heterocycles. The second-order valence-electron chi connectivity index (χ2n) is 3.58. The van der Waals surface area contributed by atoms with Crippen molar-refractivity contribution in [2.45, 2.75) is 13.8 Å². The third-order valence-electron chi connectivity index (χ3n) is 2.54. The second kappa shape index (κ2) is 3.35. The van der Waals surface area contributed by atoms with Crippen molar-refractivity contribution >= 4 is 16.7 Å². The molecule has 0 aliphatic heterocycles. The number of rotatable bonds is 1. The minimum Gasteiger partial charge on any atom is -0.322 e. The number of hydrogen-bond donors (Lipinski definition) is 1. The summed E-state index contributed by atoms with van der Waals surface area (Å²) in [4.78, 5) is 25.2. The van der Waals surface area contributed by atoms with Gasteiger partial charge in [-0.05, 0) is 30.9 Å². The molecule has 0 aliphatic carbocycles. The largest absolute Gasteiger partial charge is 0.322 e. The van der Waals surface area contributed by atoms with Crippen LogP contribution in [0.3, 0.4) is 0 Å². The van der Waals surface area contributed by atoms with Gasteiger partial charge in [0.1, 0.15) is 0 Å². The lowest BCUT2D eigenvalue weighted by molar-refractivity contribution is 0.101. The molecule has 2 rings (SSSR count). The molecule has 0 spiro atoms. The molecule has 2 aromatic rings. The number of Topliss-reactive ketones (excluding diaryl/α,β-unsaturated/α-hetero) is 1.